The molecule has 20 heavy (non-hydrogen) atoms. The van der Waals surface area contributed by atoms with Crippen LogP contribution in [-0.4, -0.2) is 5.11 Å². The highest BCUT2D eigenvalue weighted by Gasteiger charge is 2.03. The van der Waals surface area contributed by atoms with Crippen molar-refractivity contribution in [3.05, 3.63) is 70.7 Å². The molecule has 0 saturated carbocycles. The summed E-state index contributed by atoms with van der Waals surface area (Å²) in [4.78, 5) is 0. The molecule has 0 fully saturated rings. The van der Waals surface area contributed by atoms with Gasteiger partial charge in [-0.25, -0.2) is 0 Å². The van der Waals surface area contributed by atoms with Crippen LogP contribution in [0.3, 0.4) is 0 Å². The van der Waals surface area contributed by atoms with Gasteiger partial charge in [-0.1, -0.05) is 52.3 Å². The van der Waals surface area contributed by atoms with Gasteiger partial charge in [-0.15, -0.1) is 0 Å². The Bertz CT molecular complexity index is 753. The highest BCUT2D eigenvalue weighted by molar-refractivity contribution is 9.10. The van der Waals surface area contributed by atoms with Crippen LogP contribution in [0, 0.1) is 0 Å². The first-order chi connectivity index (χ1) is 9.76. The van der Waals surface area contributed by atoms with Crippen LogP contribution >= 0.6 is 15.9 Å². The Hall–Kier alpha value is -1.84. The SMILES string of the molecule is OCc1ccc(Oc2ccc3ccccc3c2)cc1Br. The number of halogens is 1. The van der Waals surface area contributed by atoms with E-state index in [-0.39, 0.29) is 6.61 Å². The van der Waals surface area contributed by atoms with Crippen LogP contribution in [0.2, 0.25) is 0 Å². The second kappa shape index (κ2) is 5.65. The molecule has 0 aliphatic carbocycles. The van der Waals surface area contributed by atoms with Crippen LogP contribution in [0.25, 0.3) is 10.8 Å². The van der Waals surface area contributed by atoms with E-state index in [2.05, 4.69) is 28.1 Å². The third kappa shape index (κ3) is 2.69. The third-order valence-corrected chi connectivity index (χ3v) is 3.89. The summed E-state index contributed by atoms with van der Waals surface area (Å²) in [5.41, 5.74) is 0.843. The summed E-state index contributed by atoms with van der Waals surface area (Å²) in [5, 5.41) is 11.5. The monoisotopic (exact) mass is 328 g/mol. The Labute approximate surface area is 125 Å². The van der Waals surface area contributed by atoms with Crippen LogP contribution < -0.4 is 4.74 Å². The summed E-state index contributed by atoms with van der Waals surface area (Å²) in [6, 6.07) is 19.7. The van der Waals surface area contributed by atoms with Crippen molar-refractivity contribution in [1.29, 1.82) is 0 Å². The van der Waals surface area contributed by atoms with E-state index in [1.165, 1.54) is 5.39 Å². The fraction of sp³-hybridized carbons (Fsp3) is 0.0588. The van der Waals surface area contributed by atoms with Crippen LogP contribution in [-0.2, 0) is 6.61 Å². The van der Waals surface area contributed by atoms with Crippen molar-refractivity contribution >= 4 is 26.7 Å². The van der Waals surface area contributed by atoms with Gasteiger partial charge in [-0.3, -0.25) is 0 Å². The van der Waals surface area contributed by atoms with Crippen molar-refractivity contribution in [2.24, 2.45) is 0 Å². The van der Waals surface area contributed by atoms with E-state index < -0.39 is 0 Å². The molecule has 0 bridgehead atoms. The summed E-state index contributed by atoms with van der Waals surface area (Å²) in [6.45, 7) is 0.0108. The first-order valence-electron chi connectivity index (χ1n) is 6.32. The molecule has 0 radical (unpaired) electrons. The fourth-order valence-corrected chi connectivity index (χ4v) is 2.57. The average molecular weight is 329 g/mol. The quantitative estimate of drug-likeness (QED) is 0.741. The number of aliphatic hydroxyl groups excluding tert-OH is 1. The van der Waals surface area contributed by atoms with E-state index in [0.717, 1.165) is 26.9 Å². The Morgan fingerprint density at radius 1 is 0.850 bits per heavy atom. The van der Waals surface area contributed by atoms with Crippen molar-refractivity contribution in [3.8, 4) is 11.5 Å². The minimum Gasteiger partial charge on any atom is -0.457 e. The van der Waals surface area contributed by atoms with Crippen LogP contribution in [0.4, 0.5) is 0 Å². The zero-order valence-electron chi connectivity index (χ0n) is 10.7. The molecule has 0 saturated heterocycles. The second-order valence-electron chi connectivity index (χ2n) is 4.52. The van der Waals surface area contributed by atoms with Gasteiger partial charge in [0.1, 0.15) is 11.5 Å². The maximum absolute atomic E-state index is 9.15. The average Bonchev–Trinajstić information content (AvgIpc) is 2.47. The number of hydrogen-bond acceptors (Lipinski definition) is 2. The van der Waals surface area contributed by atoms with E-state index in [1.54, 1.807) is 0 Å². The Balaban J connectivity index is 1.90. The summed E-state index contributed by atoms with van der Waals surface area (Å²) in [5.74, 6) is 1.54. The van der Waals surface area contributed by atoms with Crippen LogP contribution in [0.5, 0.6) is 11.5 Å². The van der Waals surface area contributed by atoms with Gasteiger partial charge in [0, 0.05) is 4.47 Å². The van der Waals surface area contributed by atoms with Crippen LogP contribution in [0.15, 0.2) is 65.1 Å². The zero-order chi connectivity index (χ0) is 13.9. The summed E-state index contributed by atoms with van der Waals surface area (Å²) in [7, 11) is 0. The van der Waals surface area contributed by atoms with Crippen LogP contribution in [0.1, 0.15) is 5.56 Å². The molecule has 1 N–H and O–H groups in total. The lowest BCUT2D eigenvalue weighted by Crippen LogP contribution is -1.88. The summed E-state index contributed by atoms with van der Waals surface area (Å²) >= 11 is 3.42. The molecule has 0 unspecified atom stereocenters. The van der Waals surface area contributed by atoms with Crippen molar-refractivity contribution in [3.63, 3.8) is 0 Å². The third-order valence-electron chi connectivity index (χ3n) is 3.15. The second-order valence-corrected chi connectivity index (χ2v) is 5.38. The fourth-order valence-electron chi connectivity index (χ4n) is 2.09. The lowest BCUT2D eigenvalue weighted by molar-refractivity contribution is 0.281. The highest BCUT2D eigenvalue weighted by Crippen LogP contribution is 2.29. The van der Waals surface area contributed by atoms with Gasteiger partial charge < -0.3 is 9.84 Å². The van der Waals surface area contributed by atoms with Gasteiger partial charge in [-0.05, 0) is 40.6 Å². The maximum Gasteiger partial charge on any atom is 0.128 e. The van der Waals surface area contributed by atoms with E-state index >= 15 is 0 Å². The maximum atomic E-state index is 9.15. The first-order valence-corrected chi connectivity index (χ1v) is 7.11. The molecule has 0 amide bonds. The zero-order valence-corrected chi connectivity index (χ0v) is 12.3. The molecule has 3 aromatic carbocycles. The van der Waals surface area contributed by atoms with Gasteiger partial charge in [0.25, 0.3) is 0 Å². The molecular formula is C17H13BrO2. The number of benzene rings is 3. The van der Waals surface area contributed by atoms with Gasteiger partial charge in [0.05, 0.1) is 6.61 Å². The highest BCUT2D eigenvalue weighted by atomic mass is 79.9. The molecular weight excluding hydrogens is 316 g/mol. The number of fused-ring (bicyclic) bond motifs is 1. The van der Waals surface area contributed by atoms with E-state index in [1.807, 2.05) is 48.5 Å². The normalized spacial score (nSPS) is 10.7. The lowest BCUT2D eigenvalue weighted by Gasteiger charge is -2.09. The molecule has 2 nitrogen and oxygen atoms in total. The predicted molar refractivity (Wildman–Crippen MR) is 84.1 cm³/mol. The molecule has 0 heterocycles. The van der Waals surface area contributed by atoms with Gasteiger partial charge in [0.2, 0.25) is 0 Å². The van der Waals surface area contributed by atoms with E-state index in [0.29, 0.717) is 0 Å². The van der Waals surface area contributed by atoms with Gasteiger partial charge in [0.15, 0.2) is 0 Å². The van der Waals surface area contributed by atoms with Gasteiger partial charge in [-0.2, -0.15) is 0 Å². The first kappa shape index (κ1) is 13.2. The van der Waals surface area contributed by atoms with Crippen molar-refractivity contribution in [2.75, 3.05) is 0 Å². The number of hydrogen-bond donors (Lipinski definition) is 1. The molecule has 0 aromatic heterocycles. The Kier molecular flexibility index (Phi) is 3.72. The molecule has 3 heteroatoms. The molecule has 0 atom stereocenters. The van der Waals surface area contributed by atoms with Crippen molar-refractivity contribution in [2.45, 2.75) is 6.61 Å². The smallest absolute Gasteiger partial charge is 0.128 e. The van der Waals surface area contributed by atoms with Crippen molar-refractivity contribution < 1.29 is 9.84 Å². The van der Waals surface area contributed by atoms with E-state index in [4.69, 9.17) is 9.84 Å². The molecule has 3 rings (SSSR count). The topological polar surface area (TPSA) is 29.5 Å². The Morgan fingerprint density at radius 3 is 2.30 bits per heavy atom. The van der Waals surface area contributed by atoms with E-state index in [9.17, 15) is 0 Å². The molecule has 0 spiro atoms. The predicted octanol–water partition coefficient (Wildman–Crippen LogP) is 4.89. The molecule has 3 aromatic rings. The molecule has 0 aliphatic rings. The number of aliphatic hydroxyl groups is 1. The Morgan fingerprint density at radius 2 is 1.55 bits per heavy atom. The van der Waals surface area contributed by atoms with Gasteiger partial charge >= 0.3 is 0 Å². The molecule has 0 aliphatic heterocycles. The number of rotatable bonds is 3. The minimum atomic E-state index is 0.0108. The lowest BCUT2D eigenvalue weighted by atomic mass is 10.1. The standard InChI is InChI=1S/C17H13BrO2/c18-17-10-16(8-6-14(17)11-19)20-15-7-5-12-3-1-2-4-13(12)9-15/h1-10,19H,11H2. The molecule has 100 valence electrons. The minimum absolute atomic E-state index is 0.0108. The number of ether oxygens (including phenoxy) is 1. The summed E-state index contributed by atoms with van der Waals surface area (Å²) < 4.78 is 6.70. The summed E-state index contributed by atoms with van der Waals surface area (Å²) in [6.07, 6.45) is 0. The van der Waals surface area contributed by atoms with Crippen molar-refractivity contribution in [1.82, 2.24) is 0 Å². The largest absolute Gasteiger partial charge is 0.457 e.